The molecular weight excluding hydrogens is 340 g/mol. The largest absolute Gasteiger partial charge is 0.321 e. The molecule has 6 heteroatoms. The first kappa shape index (κ1) is 18.8. The van der Waals surface area contributed by atoms with Gasteiger partial charge in [-0.05, 0) is 43.2 Å². The molecule has 0 aliphatic rings. The predicted octanol–water partition coefficient (Wildman–Crippen LogP) is 1.53. The molecule has 0 fully saturated rings. The number of carbonyl (C=O) groups is 1. The van der Waals surface area contributed by atoms with Crippen molar-refractivity contribution in [2.75, 3.05) is 18.4 Å². The first-order chi connectivity index (χ1) is 13.1. The number of nitrogens with zero attached hydrogens (tertiary/aromatic N) is 1. The highest BCUT2D eigenvalue weighted by Gasteiger charge is 2.15. The molecule has 1 aromatic heterocycles. The summed E-state index contributed by atoms with van der Waals surface area (Å²) in [5, 5.41) is 3.51. The van der Waals surface area contributed by atoms with Crippen LogP contribution >= 0.6 is 0 Å². The number of aromatic nitrogens is 2. The molecule has 3 rings (SSSR count). The molecular formula is C21H25N4O2+. The summed E-state index contributed by atoms with van der Waals surface area (Å²) < 4.78 is 0. The Hall–Kier alpha value is -2.99. The Kier molecular flexibility index (Phi) is 5.98. The maximum atomic E-state index is 12.4. The van der Waals surface area contributed by atoms with Crippen LogP contribution in [0.25, 0.3) is 10.9 Å². The third-order valence-corrected chi connectivity index (χ3v) is 4.64. The number of aromatic amines is 1. The third kappa shape index (κ3) is 4.80. The van der Waals surface area contributed by atoms with Crippen LogP contribution in [-0.2, 0) is 17.8 Å². The van der Waals surface area contributed by atoms with E-state index in [1.54, 1.807) is 6.07 Å². The Morgan fingerprint density at radius 3 is 2.56 bits per heavy atom. The Morgan fingerprint density at radius 2 is 1.85 bits per heavy atom. The number of benzene rings is 2. The molecule has 1 heterocycles. The first-order valence-corrected chi connectivity index (χ1v) is 9.29. The van der Waals surface area contributed by atoms with Crippen LogP contribution in [0.15, 0.2) is 53.3 Å². The van der Waals surface area contributed by atoms with Crippen molar-refractivity contribution in [3.05, 3.63) is 70.3 Å². The maximum Gasteiger partial charge on any atom is 0.279 e. The van der Waals surface area contributed by atoms with Gasteiger partial charge in [-0.3, -0.25) is 9.59 Å². The number of carbonyl (C=O) groups excluding carboxylic acids is 1. The number of nitrogens with one attached hydrogen (secondary N) is 3. The van der Waals surface area contributed by atoms with Gasteiger partial charge in [-0.15, -0.1) is 0 Å². The second-order valence-corrected chi connectivity index (χ2v) is 6.59. The molecule has 0 bridgehead atoms. The number of para-hydroxylation sites is 1. The Labute approximate surface area is 158 Å². The quantitative estimate of drug-likeness (QED) is 0.594. The fraction of sp³-hybridized carbons (Fsp3) is 0.286. The molecule has 0 aliphatic heterocycles. The Balaban J connectivity index is 1.66. The Bertz CT molecular complexity index is 979. The van der Waals surface area contributed by atoms with Crippen LogP contribution in [0.3, 0.4) is 0 Å². The van der Waals surface area contributed by atoms with E-state index in [0.717, 1.165) is 23.6 Å². The van der Waals surface area contributed by atoms with E-state index in [2.05, 4.69) is 22.2 Å². The smallest absolute Gasteiger partial charge is 0.279 e. The summed E-state index contributed by atoms with van der Waals surface area (Å²) in [6.45, 7) is 5.65. The number of anilines is 1. The number of H-pyrrole nitrogens is 1. The minimum Gasteiger partial charge on any atom is -0.321 e. The summed E-state index contributed by atoms with van der Waals surface area (Å²) in [4.78, 5) is 33.0. The van der Waals surface area contributed by atoms with Gasteiger partial charge < -0.3 is 15.2 Å². The van der Waals surface area contributed by atoms with Gasteiger partial charge >= 0.3 is 0 Å². The summed E-state index contributed by atoms with van der Waals surface area (Å²) in [5.74, 6) is 0.537. The van der Waals surface area contributed by atoms with E-state index in [1.807, 2.05) is 49.4 Å². The van der Waals surface area contributed by atoms with E-state index < -0.39 is 0 Å². The summed E-state index contributed by atoms with van der Waals surface area (Å²) >= 11 is 0. The number of aryl methyl sites for hydroxylation is 1. The van der Waals surface area contributed by atoms with Crippen LogP contribution < -0.4 is 15.8 Å². The van der Waals surface area contributed by atoms with Crippen molar-refractivity contribution in [1.29, 1.82) is 0 Å². The number of hydrogen-bond acceptors (Lipinski definition) is 3. The van der Waals surface area contributed by atoms with Crippen LogP contribution in [-0.4, -0.2) is 29.0 Å². The zero-order valence-corrected chi connectivity index (χ0v) is 15.7. The molecule has 1 unspecified atom stereocenters. The lowest BCUT2D eigenvalue weighted by molar-refractivity contribution is -0.904. The zero-order valence-electron chi connectivity index (χ0n) is 15.7. The third-order valence-electron chi connectivity index (χ3n) is 4.64. The summed E-state index contributed by atoms with van der Waals surface area (Å²) in [6, 6.07) is 15.1. The molecule has 140 valence electrons. The lowest BCUT2D eigenvalue weighted by Crippen LogP contribution is -3.11. The fourth-order valence-electron chi connectivity index (χ4n) is 3.02. The molecule has 27 heavy (non-hydrogen) atoms. The highest BCUT2D eigenvalue weighted by Crippen LogP contribution is 2.09. The van der Waals surface area contributed by atoms with Gasteiger partial charge in [-0.25, -0.2) is 4.98 Å². The SMILES string of the molecule is CCc1ccc(NC(=O)C[NH+](CC)Cc2nc3ccccc3c(=O)[nH]2)cc1. The summed E-state index contributed by atoms with van der Waals surface area (Å²) in [6.07, 6.45) is 0.971. The molecule has 0 saturated carbocycles. The molecule has 3 N–H and O–H groups in total. The molecule has 1 amide bonds. The van der Waals surface area contributed by atoms with Gasteiger partial charge in [-0.2, -0.15) is 0 Å². The zero-order chi connectivity index (χ0) is 19.2. The van der Waals surface area contributed by atoms with Crippen LogP contribution in [0, 0.1) is 0 Å². The summed E-state index contributed by atoms with van der Waals surface area (Å²) in [5.41, 5.74) is 2.56. The second-order valence-electron chi connectivity index (χ2n) is 6.59. The van der Waals surface area contributed by atoms with Crippen molar-refractivity contribution in [2.45, 2.75) is 26.8 Å². The van der Waals surface area contributed by atoms with Crippen molar-refractivity contribution in [1.82, 2.24) is 9.97 Å². The van der Waals surface area contributed by atoms with Crippen molar-refractivity contribution in [2.24, 2.45) is 0 Å². The van der Waals surface area contributed by atoms with Gasteiger partial charge in [0.15, 0.2) is 12.4 Å². The van der Waals surface area contributed by atoms with Crippen molar-refractivity contribution < 1.29 is 9.69 Å². The van der Waals surface area contributed by atoms with Crippen molar-refractivity contribution in [3.8, 4) is 0 Å². The molecule has 0 spiro atoms. The minimum absolute atomic E-state index is 0.0563. The van der Waals surface area contributed by atoms with Crippen LogP contribution in [0.2, 0.25) is 0 Å². The molecule has 0 saturated heterocycles. The standard InChI is InChI=1S/C21H24N4O2/c1-3-15-9-11-16(12-10-15)22-20(26)14-25(4-2)13-19-23-18-8-6-5-7-17(18)21(27)24-19/h5-12H,3-4,13-14H2,1-2H3,(H,22,26)(H,23,24,27)/p+1. The number of amides is 1. The van der Waals surface area contributed by atoms with Crippen molar-refractivity contribution in [3.63, 3.8) is 0 Å². The Morgan fingerprint density at radius 1 is 1.11 bits per heavy atom. The molecule has 3 aromatic rings. The number of rotatable bonds is 7. The number of fused-ring (bicyclic) bond motifs is 1. The molecule has 2 aromatic carbocycles. The highest BCUT2D eigenvalue weighted by atomic mass is 16.2. The van der Waals surface area contributed by atoms with E-state index in [0.29, 0.717) is 29.8 Å². The predicted molar refractivity (Wildman–Crippen MR) is 107 cm³/mol. The van der Waals surface area contributed by atoms with Crippen molar-refractivity contribution >= 4 is 22.5 Å². The van der Waals surface area contributed by atoms with Gasteiger partial charge in [-0.1, -0.05) is 31.2 Å². The molecule has 0 radical (unpaired) electrons. The van der Waals surface area contributed by atoms with Gasteiger partial charge in [0.2, 0.25) is 0 Å². The lowest BCUT2D eigenvalue weighted by Gasteiger charge is -2.17. The van der Waals surface area contributed by atoms with E-state index in [9.17, 15) is 9.59 Å². The molecule has 1 atom stereocenters. The van der Waals surface area contributed by atoms with Crippen LogP contribution in [0.4, 0.5) is 5.69 Å². The fourth-order valence-corrected chi connectivity index (χ4v) is 3.02. The van der Waals surface area contributed by atoms with E-state index >= 15 is 0 Å². The average Bonchev–Trinajstić information content (AvgIpc) is 2.68. The molecule has 6 nitrogen and oxygen atoms in total. The monoisotopic (exact) mass is 365 g/mol. The van der Waals surface area contributed by atoms with E-state index in [-0.39, 0.29) is 11.5 Å². The first-order valence-electron chi connectivity index (χ1n) is 9.29. The van der Waals surface area contributed by atoms with Gasteiger partial charge in [0.25, 0.3) is 11.5 Å². The second kappa shape index (κ2) is 8.60. The van der Waals surface area contributed by atoms with Gasteiger partial charge in [0.05, 0.1) is 17.4 Å². The summed E-state index contributed by atoms with van der Waals surface area (Å²) in [7, 11) is 0. The van der Waals surface area contributed by atoms with Gasteiger partial charge in [0, 0.05) is 5.69 Å². The minimum atomic E-state index is -0.147. The normalized spacial score (nSPS) is 12.1. The number of likely N-dealkylation sites (N-methyl/N-ethyl adjacent to an activating group) is 1. The number of hydrogen-bond donors (Lipinski definition) is 3. The van der Waals surface area contributed by atoms with E-state index in [4.69, 9.17) is 0 Å². The number of quaternary nitrogens is 1. The van der Waals surface area contributed by atoms with Gasteiger partial charge in [0.1, 0.15) is 6.54 Å². The van der Waals surface area contributed by atoms with Crippen LogP contribution in [0.1, 0.15) is 25.2 Å². The van der Waals surface area contributed by atoms with E-state index in [1.165, 1.54) is 5.56 Å². The highest BCUT2D eigenvalue weighted by molar-refractivity contribution is 5.91. The topological polar surface area (TPSA) is 79.3 Å². The lowest BCUT2D eigenvalue weighted by atomic mass is 10.1. The van der Waals surface area contributed by atoms with Crippen LogP contribution in [0.5, 0.6) is 0 Å². The molecule has 0 aliphatic carbocycles. The average molecular weight is 365 g/mol. The maximum absolute atomic E-state index is 12.4.